The molecule has 0 saturated heterocycles. The molecule has 0 amide bonds. The first kappa shape index (κ1) is 9.21. The highest BCUT2D eigenvalue weighted by Gasteiger charge is 2.30. The van der Waals surface area contributed by atoms with Crippen molar-refractivity contribution in [3.63, 3.8) is 0 Å². The summed E-state index contributed by atoms with van der Waals surface area (Å²) in [7, 11) is 1.66. The lowest BCUT2D eigenvalue weighted by Crippen LogP contribution is -2.40. The monoisotopic (exact) mass is 196 g/mol. The Kier molecular flexibility index (Phi) is 2.25. The maximum absolute atomic E-state index is 11.3. The first-order valence-corrected chi connectivity index (χ1v) is 4.55. The van der Waals surface area contributed by atoms with Crippen molar-refractivity contribution < 1.29 is 4.74 Å². The van der Waals surface area contributed by atoms with Gasteiger partial charge in [0.1, 0.15) is 0 Å². The van der Waals surface area contributed by atoms with Gasteiger partial charge in [-0.15, -0.1) is 0 Å². The van der Waals surface area contributed by atoms with E-state index in [0.29, 0.717) is 0 Å². The predicted octanol–water partition coefficient (Wildman–Crippen LogP) is -0.113. The van der Waals surface area contributed by atoms with E-state index in [0.717, 1.165) is 12.8 Å². The molecular formula is C9H12N2O3. The van der Waals surface area contributed by atoms with Gasteiger partial charge in [-0.25, -0.2) is 4.79 Å². The zero-order valence-electron chi connectivity index (χ0n) is 7.90. The Morgan fingerprint density at radius 3 is 2.79 bits per heavy atom. The van der Waals surface area contributed by atoms with E-state index in [2.05, 4.69) is 4.98 Å². The average molecular weight is 196 g/mol. The van der Waals surface area contributed by atoms with Crippen molar-refractivity contribution in [1.82, 2.24) is 9.55 Å². The van der Waals surface area contributed by atoms with Crippen molar-refractivity contribution in [3.8, 4) is 0 Å². The van der Waals surface area contributed by atoms with Crippen molar-refractivity contribution in [3.05, 3.63) is 33.1 Å². The number of hydrogen-bond acceptors (Lipinski definition) is 3. The molecule has 0 spiro atoms. The molecule has 0 radical (unpaired) electrons. The SMILES string of the molecule is COC1CC(n2ccc(=O)[nH]c2=O)C1. The van der Waals surface area contributed by atoms with Crippen molar-refractivity contribution in [1.29, 1.82) is 0 Å². The molecule has 1 aliphatic rings. The van der Waals surface area contributed by atoms with Gasteiger partial charge in [-0.05, 0) is 12.8 Å². The van der Waals surface area contributed by atoms with Crippen LogP contribution in [-0.4, -0.2) is 22.8 Å². The summed E-state index contributed by atoms with van der Waals surface area (Å²) < 4.78 is 6.67. The van der Waals surface area contributed by atoms with Gasteiger partial charge in [0.15, 0.2) is 0 Å². The van der Waals surface area contributed by atoms with Crippen LogP contribution < -0.4 is 11.2 Å². The Bertz CT molecular complexity index is 428. The van der Waals surface area contributed by atoms with Crippen LogP contribution in [-0.2, 0) is 4.74 Å². The lowest BCUT2D eigenvalue weighted by molar-refractivity contribution is 0.00474. The van der Waals surface area contributed by atoms with E-state index < -0.39 is 0 Å². The summed E-state index contributed by atoms with van der Waals surface area (Å²) in [6.45, 7) is 0. The fourth-order valence-electron chi connectivity index (χ4n) is 1.67. The molecule has 1 aromatic rings. The molecule has 14 heavy (non-hydrogen) atoms. The van der Waals surface area contributed by atoms with Gasteiger partial charge in [0.05, 0.1) is 6.10 Å². The van der Waals surface area contributed by atoms with Crippen LogP contribution in [0.15, 0.2) is 21.9 Å². The van der Waals surface area contributed by atoms with E-state index in [9.17, 15) is 9.59 Å². The van der Waals surface area contributed by atoms with E-state index in [4.69, 9.17) is 4.74 Å². The van der Waals surface area contributed by atoms with Crippen LogP contribution in [0.25, 0.3) is 0 Å². The van der Waals surface area contributed by atoms with E-state index in [1.165, 1.54) is 12.3 Å². The fourth-order valence-corrected chi connectivity index (χ4v) is 1.67. The third-order valence-corrected chi connectivity index (χ3v) is 2.65. The highest BCUT2D eigenvalue weighted by atomic mass is 16.5. The molecule has 1 aliphatic carbocycles. The smallest absolute Gasteiger partial charge is 0.328 e. The number of methoxy groups -OCH3 is 1. The molecular weight excluding hydrogens is 184 g/mol. The van der Waals surface area contributed by atoms with Crippen molar-refractivity contribution >= 4 is 0 Å². The molecule has 5 nitrogen and oxygen atoms in total. The molecule has 76 valence electrons. The second-order valence-electron chi connectivity index (χ2n) is 3.50. The fraction of sp³-hybridized carbons (Fsp3) is 0.556. The normalized spacial score (nSPS) is 25.8. The number of aromatic nitrogens is 2. The summed E-state index contributed by atoms with van der Waals surface area (Å²) in [5.74, 6) is 0. The second-order valence-corrected chi connectivity index (χ2v) is 3.50. The summed E-state index contributed by atoms with van der Waals surface area (Å²) in [5.41, 5.74) is -0.689. The second kappa shape index (κ2) is 3.42. The molecule has 1 fully saturated rings. The average Bonchev–Trinajstić information content (AvgIpc) is 2.06. The van der Waals surface area contributed by atoms with Crippen LogP contribution in [0.2, 0.25) is 0 Å². The molecule has 5 heteroatoms. The van der Waals surface area contributed by atoms with Crippen molar-refractivity contribution in [2.24, 2.45) is 0 Å². The molecule has 0 bridgehead atoms. The minimum Gasteiger partial charge on any atom is -0.381 e. The molecule has 1 N–H and O–H groups in total. The molecule has 0 atom stereocenters. The lowest BCUT2D eigenvalue weighted by Gasteiger charge is -2.34. The number of hydrogen-bond donors (Lipinski definition) is 1. The predicted molar refractivity (Wildman–Crippen MR) is 50.4 cm³/mol. The summed E-state index contributed by atoms with van der Waals surface area (Å²) in [5, 5.41) is 0. The zero-order chi connectivity index (χ0) is 10.1. The molecule has 1 aromatic heterocycles. The summed E-state index contributed by atoms with van der Waals surface area (Å²) in [4.78, 5) is 24.4. The maximum atomic E-state index is 11.3. The number of nitrogens with zero attached hydrogens (tertiary/aromatic N) is 1. The van der Waals surface area contributed by atoms with E-state index in [1.807, 2.05) is 0 Å². The molecule has 1 heterocycles. The van der Waals surface area contributed by atoms with Crippen LogP contribution in [0, 0.1) is 0 Å². The number of ether oxygens (including phenoxy) is 1. The van der Waals surface area contributed by atoms with Gasteiger partial charge >= 0.3 is 5.69 Å². The van der Waals surface area contributed by atoms with Crippen molar-refractivity contribution in [2.75, 3.05) is 7.11 Å². The molecule has 2 rings (SSSR count). The van der Waals surface area contributed by atoms with Crippen LogP contribution in [0.3, 0.4) is 0 Å². The van der Waals surface area contributed by atoms with Crippen LogP contribution in [0.1, 0.15) is 18.9 Å². The van der Waals surface area contributed by atoms with Gasteiger partial charge in [0, 0.05) is 25.4 Å². The van der Waals surface area contributed by atoms with Gasteiger partial charge < -0.3 is 4.74 Å². The number of nitrogens with one attached hydrogen (secondary N) is 1. The molecule has 0 aliphatic heterocycles. The molecule has 0 aromatic carbocycles. The Morgan fingerprint density at radius 2 is 2.21 bits per heavy atom. The van der Waals surface area contributed by atoms with Crippen molar-refractivity contribution in [2.45, 2.75) is 25.0 Å². The first-order chi connectivity index (χ1) is 6.70. The van der Waals surface area contributed by atoms with E-state index in [1.54, 1.807) is 11.7 Å². The van der Waals surface area contributed by atoms with Crippen LogP contribution in [0.5, 0.6) is 0 Å². The summed E-state index contributed by atoms with van der Waals surface area (Å²) >= 11 is 0. The third-order valence-electron chi connectivity index (χ3n) is 2.65. The number of aromatic amines is 1. The number of H-pyrrole nitrogens is 1. The lowest BCUT2D eigenvalue weighted by atomic mass is 9.89. The maximum Gasteiger partial charge on any atom is 0.328 e. The van der Waals surface area contributed by atoms with Gasteiger partial charge in [0.25, 0.3) is 5.56 Å². The topological polar surface area (TPSA) is 64.1 Å². The van der Waals surface area contributed by atoms with Gasteiger partial charge in [0.2, 0.25) is 0 Å². The van der Waals surface area contributed by atoms with Gasteiger partial charge in [-0.1, -0.05) is 0 Å². The largest absolute Gasteiger partial charge is 0.381 e. The summed E-state index contributed by atoms with van der Waals surface area (Å²) in [6.07, 6.45) is 3.46. The van der Waals surface area contributed by atoms with E-state index >= 15 is 0 Å². The Balaban J connectivity index is 2.19. The third kappa shape index (κ3) is 1.50. The quantitative estimate of drug-likeness (QED) is 0.717. The first-order valence-electron chi connectivity index (χ1n) is 4.55. The Morgan fingerprint density at radius 1 is 1.50 bits per heavy atom. The Hall–Kier alpha value is -1.36. The highest BCUT2D eigenvalue weighted by molar-refractivity contribution is 4.91. The highest BCUT2D eigenvalue weighted by Crippen LogP contribution is 2.32. The Labute approximate surface area is 80.3 Å². The van der Waals surface area contributed by atoms with Gasteiger partial charge in [-0.2, -0.15) is 0 Å². The standard InChI is InChI=1S/C9H12N2O3/c1-14-7-4-6(5-7)11-3-2-8(12)10-9(11)13/h2-3,6-7H,4-5H2,1H3,(H,10,12,13). The number of rotatable bonds is 2. The summed E-state index contributed by atoms with van der Waals surface area (Å²) in [6, 6.07) is 1.53. The van der Waals surface area contributed by atoms with Gasteiger partial charge in [-0.3, -0.25) is 14.3 Å². The minimum atomic E-state index is -0.353. The minimum absolute atomic E-state index is 0.171. The molecule has 0 unspecified atom stereocenters. The zero-order valence-corrected chi connectivity index (χ0v) is 7.90. The van der Waals surface area contributed by atoms with Crippen LogP contribution in [0.4, 0.5) is 0 Å². The van der Waals surface area contributed by atoms with Crippen LogP contribution >= 0.6 is 0 Å². The van der Waals surface area contributed by atoms with E-state index in [-0.39, 0.29) is 23.4 Å². The molecule has 1 saturated carbocycles.